The van der Waals surface area contributed by atoms with Gasteiger partial charge in [0.1, 0.15) is 17.0 Å². The molecule has 1 aliphatic heterocycles. The molecule has 106 valence electrons. The van der Waals surface area contributed by atoms with Crippen LogP contribution in [-0.4, -0.2) is 34.8 Å². The number of hydrogen-bond donors (Lipinski definition) is 1. The first-order valence-corrected chi connectivity index (χ1v) is 6.54. The van der Waals surface area contributed by atoms with E-state index < -0.39 is 11.2 Å². The summed E-state index contributed by atoms with van der Waals surface area (Å²) in [5, 5.41) is 10.5. The first-order valence-electron chi connectivity index (χ1n) is 6.54. The third-order valence-electron chi connectivity index (χ3n) is 3.22. The van der Waals surface area contributed by atoms with Gasteiger partial charge in [0.05, 0.1) is 6.26 Å². The number of hydrogen-bond acceptors (Lipinski definition) is 4. The van der Waals surface area contributed by atoms with Crippen molar-refractivity contribution in [2.75, 3.05) is 13.1 Å². The standard InChI is InChI=1S/C14H21NO4/c1-13(2,3)19-12(16)15-8-6-14(17,7-9-15)11-5-4-10-18-11/h4-5,10,17H,6-9H2,1-3H3. The second kappa shape index (κ2) is 4.89. The molecule has 1 amide bonds. The zero-order valence-electron chi connectivity index (χ0n) is 11.7. The Morgan fingerprint density at radius 2 is 2.05 bits per heavy atom. The monoisotopic (exact) mass is 267 g/mol. The predicted octanol–water partition coefficient (Wildman–Crippen LogP) is 2.50. The maximum atomic E-state index is 11.9. The van der Waals surface area contributed by atoms with E-state index in [0.717, 1.165) is 0 Å². The Morgan fingerprint density at radius 1 is 1.42 bits per heavy atom. The van der Waals surface area contributed by atoms with Crippen molar-refractivity contribution < 1.29 is 19.1 Å². The van der Waals surface area contributed by atoms with Gasteiger partial charge in [0.2, 0.25) is 0 Å². The second-order valence-corrected chi connectivity index (χ2v) is 5.98. The molecule has 1 saturated heterocycles. The lowest BCUT2D eigenvalue weighted by atomic mass is 9.89. The molecule has 0 radical (unpaired) electrons. The van der Waals surface area contributed by atoms with E-state index in [1.54, 1.807) is 23.3 Å². The summed E-state index contributed by atoms with van der Waals surface area (Å²) in [6.07, 6.45) is 2.14. The van der Waals surface area contributed by atoms with Crippen LogP contribution < -0.4 is 0 Å². The fourth-order valence-corrected chi connectivity index (χ4v) is 2.18. The van der Waals surface area contributed by atoms with Gasteiger partial charge in [-0.15, -0.1) is 0 Å². The minimum absolute atomic E-state index is 0.325. The highest BCUT2D eigenvalue weighted by atomic mass is 16.6. The van der Waals surface area contributed by atoms with Crippen molar-refractivity contribution in [3.63, 3.8) is 0 Å². The van der Waals surface area contributed by atoms with Crippen LogP contribution in [0.4, 0.5) is 4.79 Å². The molecule has 1 fully saturated rings. The molecule has 0 bridgehead atoms. The van der Waals surface area contributed by atoms with Crippen LogP contribution in [0.1, 0.15) is 39.4 Å². The molecule has 0 aliphatic carbocycles. The molecule has 2 heterocycles. The second-order valence-electron chi connectivity index (χ2n) is 5.98. The summed E-state index contributed by atoms with van der Waals surface area (Å²) >= 11 is 0. The van der Waals surface area contributed by atoms with Crippen LogP contribution in [-0.2, 0) is 10.3 Å². The third kappa shape index (κ3) is 3.29. The minimum Gasteiger partial charge on any atom is -0.466 e. The molecule has 5 heteroatoms. The van der Waals surface area contributed by atoms with Crippen molar-refractivity contribution in [2.45, 2.75) is 44.8 Å². The molecule has 1 aromatic rings. The average Bonchev–Trinajstić information content (AvgIpc) is 2.81. The molecular formula is C14H21NO4. The molecule has 2 rings (SSSR count). The van der Waals surface area contributed by atoms with Crippen molar-refractivity contribution in [1.82, 2.24) is 4.90 Å². The van der Waals surface area contributed by atoms with Gasteiger partial charge >= 0.3 is 6.09 Å². The molecule has 19 heavy (non-hydrogen) atoms. The number of aliphatic hydroxyl groups is 1. The Bertz CT molecular complexity index is 425. The Morgan fingerprint density at radius 3 is 2.53 bits per heavy atom. The van der Waals surface area contributed by atoms with E-state index in [1.165, 1.54) is 0 Å². The van der Waals surface area contributed by atoms with Crippen LogP contribution in [0.25, 0.3) is 0 Å². The summed E-state index contributed by atoms with van der Waals surface area (Å²) in [7, 11) is 0. The fourth-order valence-electron chi connectivity index (χ4n) is 2.18. The lowest BCUT2D eigenvalue weighted by Crippen LogP contribution is -2.46. The Labute approximate surface area is 113 Å². The molecular weight excluding hydrogens is 246 g/mol. The van der Waals surface area contributed by atoms with Gasteiger partial charge in [-0.1, -0.05) is 0 Å². The highest BCUT2D eigenvalue weighted by Crippen LogP contribution is 2.33. The smallest absolute Gasteiger partial charge is 0.410 e. The van der Waals surface area contributed by atoms with Crippen molar-refractivity contribution in [3.05, 3.63) is 24.2 Å². The van der Waals surface area contributed by atoms with Crippen LogP contribution in [0.3, 0.4) is 0 Å². The molecule has 0 spiro atoms. The summed E-state index contributed by atoms with van der Waals surface area (Å²) < 4.78 is 10.6. The first kappa shape index (κ1) is 13.9. The van der Waals surface area contributed by atoms with Crippen molar-refractivity contribution >= 4 is 6.09 Å². The lowest BCUT2D eigenvalue weighted by molar-refractivity contribution is -0.0479. The average molecular weight is 267 g/mol. The number of furan rings is 1. The Balaban J connectivity index is 1.94. The summed E-state index contributed by atoms with van der Waals surface area (Å²) in [5.41, 5.74) is -1.46. The van der Waals surface area contributed by atoms with Crippen LogP contribution >= 0.6 is 0 Å². The van der Waals surface area contributed by atoms with Crippen LogP contribution in [0.15, 0.2) is 22.8 Å². The highest BCUT2D eigenvalue weighted by molar-refractivity contribution is 5.68. The van der Waals surface area contributed by atoms with Gasteiger partial charge in [0, 0.05) is 25.9 Å². The van der Waals surface area contributed by atoms with E-state index in [1.807, 2.05) is 20.8 Å². The van der Waals surface area contributed by atoms with Gasteiger partial charge in [-0.3, -0.25) is 0 Å². The van der Waals surface area contributed by atoms with E-state index >= 15 is 0 Å². The fraction of sp³-hybridized carbons (Fsp3) is 0.643. The van der Waals surface area contributed by atoms with Crippen LogP contribution in [0, 0.1) is 0 Å². The van der Waals surface area contributed by atoms with Gasteiger partial charge in [0.15, 0.2) is 0 Å². The molecule has 1 aliphatic rings. The van der Waals surface area contributed by atoms with Gasteiger partial charge in [-0.25, -0.2) is 4.79 Å². The van der Waals surface area contributed by atoms with E-state index in [0.29, 0.717) is 31.7 Å². The number of likely N-dealkylation sites (tertiary alicyclic amines) is 1. The summed E-state index contributed by atoms with van der Waals surface area (Å²) in [6.45, 7) is 6.45. The molecule has 0 saturated carbocycles. The number of nitrogens with zero attached hydrogens (tertiary/aromatic N) is 1. The van der Waals surface area contributed by atoms with E-state index in [-0.39, 0.29) is 6.09 Å². The number of piperidine rings is 1. The predicted molar refractivity (Wildman–Crippen MR) is 69.6 cm³/mol. The number of carbonyl (C=O) groups excluding carboxylic acids is 1. The number of ether oxygens (including phenoxy) is 1. The molecule has 0 unspecified atom stereocenters. The summed E-state index contributed by atoms with van der Waals surface area (Å²) in [6, 6.07) is 3.52. The van der Waals surface area contributed by atoms with E-state index in [2.05, 4.69) is 0 Å². The van der Waals surface area contributed by atoms with Gasteiger partial charge in [0.25, 0.3) is 0 Å². The number of carbonyl (C=O) groups is 1. The largest absolute Gasteiger partial charge is 0.466 e. The highest BCUT2D eigenvalue weighted by Gasteiger charge is 2.38. The van der Waals surface area contributed by atoms with Crippen molar-refractivity contribution in [2.24, 2.45) is 0 Å². The van der Waals surface area contributed by atoms with Crippen molar-refractivity contribution in [3.8, 4) is 0 Å². The SMILES string of the molecule is CC(C)(C)OC(=O)N1CCC(O)(c2ccco2)CC1. The Kier molecular flexibility index (Phi) is 3.58. The van der Waals surface area contributed by atoms with E-state index in [9.17, 15) is 9.90 Å². The maximum Gasteiger partial charge on any atom is 0.410 e. The van der Waals surface area contributed by atoms with Gasteiger partial charge < -0.3 is 19.2 Å². The van der Waals surface area contributed by atoms with Crippen LogP contribution in [0.5, 0.6) is 0 Å². The summed E-state index contributed by atoms with van der Waals surface area (Å²) in [5.74, 6) is 0.566. The molecule has 0 aromatic carbocycles. The quantitative estimate of drug-likeness (QED) is 0.849. The minimum atomic E-state index is -0.970. The summed E-state index contributed by atoms with van der Waals surface area (Å²) in [4.78, 5) is 13.5. The first-order chi connectivity index (χ1) is 8.80. The normalized spacial score (nSPS) is 19.3. The molecule has 0 atom stereocenters. The van der Waals surface area contributed by atoms with Gasteiger partial charge in [-0.05, 0) is 32.9 Å². The third-order valence-corrected chi connectivity index (χ3v) is 3.22. The maximum absolute atomic E-state index is 11.9. The zero-order chi connectivity index (χ0) is 14.1. The number of rotatable bonds is 1. The van der Waals surface area contributed by atoms with Gasteiger partial charge in [-0.2, -0.15) is 0 Å². The lowest BCUT2D eigenvalue weighted by Gasteiger charge is -2.37. The molecule has 5 nitrogen and oxygen atoms in total. The zero-order valence-corrected chi connectivity index (χ0v) is 11.7. The van der Waals surface area contributed by atoms with E-state index in [4.69, 9.17) is 9.15 Å². The van der Waals surface area contributed by atoms with Crippen molar-refractivity contribution in [1.29, 1.82) is 0 Å². The molecule has 1 N–H and O–H groups in total. The Hall–Kier alpha value is -1.49. The van der Waals surface area contributed by atoms with Crippen LogP contribution in [0.2, 0.25) is 0 Å². The molecule has 1 aromatic heterocycles. The number of amides is 1. The topological polar surface area (TPSA) is 62.9 Å².